The summed E-state index contributed by atoms with van der Waals surface area (Å²) in [6.07, 6.45) is 0. The summed E-state index contributed by atoms with van der Waals surface area (Å²) in [5, 5.41) is 14.7. The molecule has 0 saturated carbocycles. The minimum absolute atomic E-state index is 0.0661. The lowest BCUT2D eigenvalue weighted by Gasteiger charge is -2.14. The van der Waals surface area contributed by atoms with Gasteiger partial charge in [0, 0.05) is 29.4 Å². The van der Waals surface area contributed by atoms with Crippen molar-refractivity contribution in [1.29, 1.82) is 0 Å². The summed E-state index contributed by atoms with van der Waals surface area (Å²) in [6.45, 7) is 3.41. The van der Waals surface area contributed by atoms with Crippen molar-refractivity contribution >= 4 is 23.0 Å². The normalized spacial score (nSPS) is 10.4. The Balaban J connectivity index is 1.64. The minimum atomic E-state index is -0.416. The van der Waals surface area contributed by atoms with Gasteiger partial charge in [0.1, 0.15) is 6.61 Å². The third-order valence-electron chi connectivity index (χ3n) is 4.19. The molecule has 6 nitrogen and oxygen atoms in total. The number of benzene rings is 3. The average Bonchev–Trinajstić information content (AvgIpc) is 2.73. The lowest BCUT2D eigenvalue weighted by atomic mass is 10.2. The predicted molar refractivity (Wildman–Crippen MR) is 114 cm³/mol. The maximum Gasteiger partial charge on any atom is 0.269 e. The van der Waals surface area contributed by atoms with E-state index in [2.05, 4.69) is 5.32 Å². The van der Waals surface area contributed by atoms with Gasteiger partial charge in [-0.15, -0.1) is 0 Å². The number of hydrogen-bond donors (Lipinski definition) is 1. The second-order valence-electron chi connectivity index (χ2n) is 6.29. The number of ether oxygens (including phenoxy) is 2. The highest BCUT2D eigenvalue weighted by atomic mass is 35.5. The molecule has 3 aromatic carbocycles. The van der Waals surface area contributed by atoms with Gasteiger partial charge in [-0.25, -0.2) is 0 Å². The Labute approximate surface area is 174 Å². The van der Waals surface area contributed by atoms with E-state index in [1.807, 2.05) is 49.4 Å². The van der Waals surface area contributed by atoms with Crippen LogP contribution in [0.25, 0.3) is 0 Å². The van der Waals surface area contributed by atoms with Crippen LogP contribution in [-0.4, -0.2) is 11.5 Å². The number of anilines is 1. The molecule has 0 aliphatic heterocycles. The lowest BCUT2D eigenvalue weighted by molar-refractivity contribution is -0.384. The summed E-state index contributed by atoms with van der Waals surface area (Å²) >= 11 is 5.91. The molecule has 0 atom stereocenters. The molecule has 3 aromatic rings. The standard InChI is InChI=1S/C22H21ClN2O4/c1-2-28-22-13-17(14-24-19-8-10-20(11-9-19)25(26)27)5-12-21(22)29-15-16-3-6-18(23)7-4-16/h3-13,24H,2,14-15H2,1H3. The number of hydrogen-bond acceptors (Lipinski definition) is 5. The van der Waals surface area contributed by atoms with Crippen molar-refractivity contribution in [2.24, 2.45) is 0 Å². The van der Waals surface area contributed by atoms with Crippen molar-refractivity contribution in [3.05, 3.63) is 93.0 Å². The molecule has 0 fully saturated rings. The minimum Gasteiger partial charge on any atom is -0.490 e. The van der Waals surface area contributed by atoms with E-state index in [4.69, 9.17) is 21.1 Å². The summed E-state index contributed by atoms with van der Waals surface area (Å²) < 4.78 is 11.6. The van der Waals surface area contributed by atoms with Crippen LogP contribution in [0.15, 0.2) is 66.7 Å². The Morgan fingerprint density at radius 1 is 0.931 bits per heavy atom. The van der Waals surface area contributed by atoms with Crippen LogP contribution >= 0.6 is 11.6 Å². The van der Waals surface area contributed by atoms with Crippen molar-refractivity contribution in [3.8, 4) is 11.5 Å². The number of halogens is 1. The van der Waals surface area contributed by atoms with Gasteiger partial charge in [-0.1, -0.05) is 29.8 Å². The first kappa shape index (κ1) is 20.5. The molecule has 0 spiro atoms. The average molecular weight is 413 g/mol. The molecule has 0 aromatic heterocycles. The van der Waals surface area contributed by atoms with E-state index in [0.717, 1.165) is 16.8 Å². The molecule has 0 amide bonds. The third-order valence-corrected chi connectivity index (χ3v) is 4.44. The number of nitrogens with one attached hydrogen (secondary N) is 1. The molecule has 0 bridgehead atoms. The molecule has 0 radical (unpaired) electrons. The van der Waals surface area contributed by atoms with Gasteiger partial charge in [0.05, 0.1) is 11.5 Å². The van der Waals surface area contributed by atoms with E-state index in [-0.39, 0.29) is 5.69 Å². The van der Waals surface area contributed by atoms with Crippen molar-refractivity contribution < 1.29 is 14.4 Å². The molecule has 3 rings (SSSR count). The summed E-state index contributed by atoms with van der Waals surface area (Å²) in [4.78, 5) is 10.3. The molecular weight excluding hydrogens is 392 g/mol. The highest BCUT2D eigenvalue weighted by Gasteiger charge is 2.08. The monoisotopic (exact) mass is 412 g/mol. The van der Waals surface area contributed by atoms with Crippen LogP contribution in [0.3, 0.4) is 0 Å². The molecule has 0 aliphatic rings. The van der Waals surface area contributed by atoms with Crippen molar-refractivity contribution in [3.63, 3.8) is 0 Å². The van der Waals surface area contributed by atoms with Crippen LogP contribution < -0.4 is 14.8 Å². The summed E-state index contributed by atoms with van der Waals surface area (Å²) in [6, 6.07) is 19.6. The fourth-order valence-corrected chi connectivity index (χ4v) is 2.82. The highest BCUT2D eigenvalue weighted by Crippen LogP contribution is 2.30. The van der Waals surface area contributed by atoms with Gasteiger partial charge in [-0.2, -0.15) is 0 Å². The smallest absolute Gasteiger partial charge is 0.269 e. The molecule has 7 heteroatoms. The maximum absolute atomic E-state index is 10.7. The highest BCUT2D eigenvalue weighted by molar-refractivity contribution is 6.30. The van der Waals surface area contributed by atoms with Gasteiger partial charge in [-0.3, -0.25) is 10.1 Å². The van der Waals surface area contributed by atoms with Gasteiger partial charge in [0.2, 0.25) is 0 Å². The van der Waals surface area contributed by atoms with Crippen LogP contribution in [0.5, 0.6) is 11.5 Å². The Morgan fingerprint density at radius 2 is 1.62 bits per heavy atom. The zero-order valence-corrected chi connectivity index (χ0v) is 16.7. The van der Waals surface area contributed by atoms with Crippen LogP contribution in [0.4, 0.5) is 11.4 Å². The molecule has 1 N–H and O–H groups in total. The van der Waals surface area contributed by atoms with E-state index in [9.17, 15) is 10.1 Å². The van der Waals surface area contributed by atoms with Crippen LogP contribution in [-0.2, 0) is 13.2 Å². The van der Waals surface area contributed by atoms with Crippen LogP contribution in [0.2, 0.25) is 5.02 Å². The van der Waals surface area contributed by atoms with Gasteiger partial charge >= 0.3 is 0 Å². The molecule has 0 heterocycles. The molecule has 0 saturated heterocycles. The van der Waals surface area contributed by atoms with Crippen molar-refractivity contribution in [2.45, 2.75) is 20.1 Å². The molecule has 0 aliphatic carbocycles. The van der Waals surface area contributed by atoms with E-state index in [1.54, 1.807) is 12.1 Å². The lowest BCUT2D eigenvalue weighted by Crippen LogP contribution is -2.03. The van der Waals surface area contributed by atoms with Gasteiger partial charge < -0.3 is 14.8 Å². The topological polar surface area (TPSA) is 73.6 Å². The van der Waals surface area contributed by atoms with Crippen LogP contribution in [0.1, 0.15) is 18.1 Å². The van der Waals surface area contributed by atoms with Gasteiger partial charge in [-0.05, 0) is 54.4 Å². The third kappa shape index (κ3) is 5.86. The largest absolute Gasteiger partial charge is 0.490 e. The molecular formula is C22H21ClN2O4. The number of non-ortho nitro benzene ring substituents is 1. The Bertz CT molecular complexity index is 960. The van der Waals surface area contributed by atoms with Crippen molar-refractivity contribution in [2.75, 3.05) is 11.9 Å². The Morgan fingerprint density at radius 3 is 2.28 bits per heavy atom. The fourth-order valence-electron chi connectivity index (χ4n) is 2.70. The number of nitro groups is 1. The van der Waals surface area contributed by atoms with E-state index in [0.29, 0.717) is 36.3 Å². The predicted octanol–water partition coefficient (Wildman–Crippen LogP) is 5.84. The van der Waals surface area contributed by atoms with E-state index >= 15 is 0 Å². The second-order valence-corrected chi connectivity index (χ2v) is 6.72. The zero-order valence-electron chi connectivity index (χ0n) is 15.9. The quantitative estimate of drug-likeness (QED) is 0.353. The fraction of sp³-hybridized carbons (Fsp3) is 0.182. The second kappa shape index (κ2) is 9.80. The first-order valence-electron chi connectivity index (χ1n) is 9.16. The van der Waals surface area contributed by atoms with Gasteiger partial charge in [0.25, 0.3) is 5.69 Å². The first-order valence-corrected chi connectivity index (χ1v) is 9.54. The van der Waals surface area contributed by atoms with E-state index < -0.39 is 4.92 Å². The zero-order chi connectivity index (χ0) is 20.6. The number of nitrogens with zero attached hydrogens (tertiary/aromatic N) is 1. The van der Waals surface area contributed by atoms with Crippen LogP contribution in [0, 0.1) is 10.1 Å². The molecule has 29 heavy (non-hydrogen) atoms. The molecule has 0 unspecified atom stereocenters. The SMILES string of the molecule is CCOc1cc(CNc2ccc([N+](=O)[O-])cc2)ccc1OCc1ccc(Cl)cc1. The Hall–Kier alpha value is -3.25. The molecule has 150 valence electrons. The van der Waals surface area contributed by atoms with Gasteiger partial charge in [0.15, 0.2) is 11.5 Å². The number of rotatable bonds is 9. The maximum atomic E-state index is 10.7. The van der Waals surface area contributed by atoms with Crippen molar-refractivity contribution in [1.82, 2.24) is 0 Å². The summed E-state index contributed by atoms with van der Waals surface area (Å²) in [5.74, 6) is 1.34. The number of nitro benzene ring substituents is 1. The summed E-state index contributed by atoms with van der Waals surface area (Å²) in [7, 11) is 0. The van der Waals surface area contributed by atoms with E-state index in [1.165, 1.54) is 12.1 Å². The first-order chi connectivity index (χ1) is 14.0. The summed E-state index contributed by atoms with van der Waals surface area (Å²) in [5.41, 5.74) is 2.89. The Kier molecular flexibility index (Phi) is 6.92.